The minimum Gasteiger partial charge on any atom is -0.494 e. The monoisotopic (exact) mass is 1830 g/mol. The van der Waals surface area contributed by atoms with Gasteiger partial charge in [0.05, 0.1) is 66.1 Å². The molecule has 0 saturated carbocycles. The van der Waals surface area contributed by atoms with Crippen LogP contribution < -0.4 is 89.9 Å². The van der Waals surface area contributed by atoms with Crippen molar-refractivity contribution in [1.29, 1.82) is 0 Å². The molecule has 0 saturated heterocycles. The Kier molecular flexibility index (Phi) is 47.9. The highest BCUT2D eigenvalue weighted by Crippen LogP contribution is 2.45. The lowest BCUT2D eigenvalue weighted by Crippen LogP contribution is -2.21. The second-order valence-electron chi connectivity index (χ2n) is 34.0. The normalized spacial score (nSPS) is 11.3. The molecule has 0 aliphatic heterocycles. The number of benzene rings is 8. The predicted octanol–water partition coefficient (Wildman–Crippen LogP) is 29.6. The summed E-state index contributed by atoms with van der Waals surface area (Å²) in [5.74, 6) is 5.62. The Morgan fingerprint density at radius 1 is 0.224 bits per heavy atom. The molecule has 0 unspecified atom stereocenters. The molecule has 0 heterocycles. The summed E-state index contributed by atoms with van der Waals surface area (Å²) in [7, 11) is 0. The van der Waals surface area contributed by atoms with Crippen LogP contribution in [-0.2, 0) is 25.7 Å². The van der Waals surface area contributed by atoms with Gasteiger partial charge in [-0.1, -0.05) is 128 Å². The van der Waals surface area contributed by atoms with E-state index in [0.29, 0.717) is 214 Å². The number of amides is 8. The van der Waals surface area contributed by atoms with Gasteiger partial charge in [-0.25, -0.2) is 19.2 Å². The molecule has 8 N–H and O–H groups in total. The Bertz CT molecular complexity index is 4650. The van der Waals surface area contributed by atoms with Gasteiger partial charge in [0.2, 0.25) is 0 Å². The number of hydrogen-bond acceptors (Lipinski definition) is 14. The second-order valence-corrected chi connectivity index (χ2v) is 34.0. The highest BCUT2D eigenvalue weighted by Gasteiger charge is 2.28. The third-order valence-corrected chi connectivity index (χ3v) is 22.4. The molecule has 22 heteroatoms. The van der Waals surface area contributed by atoms with Crippen LogP contribution in [0.5, 0.6) is 57.5 Å². The van der Waals surface area contributed by atoms with Crippen molar-refractivity contribution in [3.63, 3.8) is 0 Å². The van der Waals surface area contributed by atoms with Gasteiger partial charge >= 0.3 is 24.1 Å². The van der Waals surface area contributed by atoms with E-state index >= 15 is 9.59 Å². The molecule has 0 fully saturated rings. The maximum atomic E-state index is 15.3. The topological polar surface area (TPSA) is 257 Å². The first-order valence-corrected chi connectivity index (χ1v) is 49.0. The number of carbonyl (C=O) groups is 4. The number of rotatable bonds is 64. The molecule has 0 spiro atoms. The van der Waals surface area contributed by atoms with Crippen molar-refractivity contribution in [2.45, 2.75) is 246 Å². The van der Waals surface area contributed by atoms with Crippen molar-refractivity contribution in [3.8, 4) is 57.5 Å². The van der Waals surface area contributed by atoms with Crippen LogP contribution in [0.15, 0.2) is 209 Å². The molecule has 8 bridgehead atoms. The van der Waals surface area contributed by atoms with E-state index in [1.807, 2.05) is 146 Å². The van der Waals surface area contributed by atoms with Crippen LogP contribution in [0.1, 0.15) is 265 Å². The summed E-state index contributed by atoms with van der Waals surface area (Å²) < 4.78 is 67.2. The zero-order valence-electron chi connectivity index (χ0n) is 80.2. The van der Waals surface area contributed by atoms with Crippen molar-refractivity contribution in [3.05, 3.63) is 254 Å². The van der Waals surface area contributed by atoms with Gasteiger partial charge in [-0.15, -0.1) is 39.5 Å². The summed E-state index contributed by atoms with van der Waals surface area (Å²) in [6.07, 6.45) is 37.7. The lowest BCUT2D eigenvalue weighted by atomic mass is 9.90. The van der Waals surface area contributed by atoms with E-state index in [1.165, 1.54) is 0 Å². The van der Waals surface area contributed by atoms with Crippen LogP contribution >= 0.6 is 0 Å². The first kappa shape index (κ1) is 105. The molecule has 0 atom stereocenters. The molecule has 134 heavy (non-hydrogen) atoms. The lowest BCUT2D eigenvalue weighted by Gasteiger charge is -2.25. The Labute approximate surface area is 797 Å². The maximum absolute atomic E-state index is 15.3. The minimum atomic E-state index is -0.548. The Morgan fingerprint density at radius 3 is 0.612 bits per heavy atom. The number of allylic oxidation sites excluding steroid dienone is 6. The first-order valence-electron chi connectivity index (χ1n) is 49.0. The minimum absolute atomic E-state index is 0.115. The average molecular weight is 1830 g/mol. The highest BCUT2D eigenvalue weighted by atomic mass is 16.5. The van der Waals surface area contributed by atoms with E-state index < -0.39 is 24.1 Å². The SMILES string of the molecule is C=CCCCCOc1cccc(NC(=O)Nc2cc3c(OCCCCC)c(c2)Cc2cc(NC(=O)Nc4cc(OCCCCC=C)cc(OCCCCC=C)c4)cc(c2OCCCCC)Cc2cc(NC(=O)Nc4cc(OCCCCC=C)cc(OCCCCC=C)c4)cc(c2OCCCCC)Cc2cc(NC(=O)Nc4cccc(OCCCCC=C)c4)cc(c2OCCCCC)C3)c1. The fraction of sp³-hybridized carbons (Fsp3) is 0.429. The molecule has 8 amide bonds. The van der Waals surface area contributed by atoms with Gasteiger partial charge in [-0.2, -0.15) is 0 Å². The summed E-state index contributed by atoms with van der Waals surface area (Å²) in [5.41, 5.74) is 9.09. The van der Waals surface area contributed by atoms with Gasteiger partial charge in [-0.05, 0) is 214 Å². The largest absolute Gasteiger partial charge is 0.494 e. The molecule has 0 radical (unpaired) electrons. The number of ether oxygens (including phenoxy) is 10. The number of anilines is 8. The summed E-state index contributed by atoms with van der Waals surface area (Å²) in [6, 6.07) is 39.1. The summed E-state index contributed by atoms with van der Waals surface area (Å²) >= 11 is 0. The fourth-order valence-corrected chi connectivity index (χ4v) is 15.6. The molecule has 0 aromatic heterocycles. The van der Waals surface area contributed by atoms with Crippen molar-refractivity contribution in [2.75, 3.05) is 109 Å². The Balaban J connectivity index is 1.30. The van der Waals surface area contributed by atoms with Crippen molar-refractivity contribution in [1.82, 2.24) is 0 Å². The van der Waals surface area contributed by atoms with E-state index in [0.717, 1.165) is 193 Å². The Morgan fingerprint density at radius 2 is 0.403 bits per heavy atom. The number of unbranched alkanes of at least 4 members (excludes halogenated alkanes) is 20. The smallest absolute Gasteiger partial charge is 0.323 e. The fourth-order valence-electron chi connectivity index (χ4n) is 15.6. The van der Waals surface area contributed by atoms with Crippen molar-refractivity contribution in [2.24, 2.45) is 0 Å². The molecule has 9 rings (SSSR count). The standard InChI is InChI=1S/C112H148N8O14/c1-11-21-31-41-53-125-99-51-47-49-91(75-99)113-109(121)115-93-67-83-63-84-68-94(116-110(122)114-92-50-48-52-100(76-92)126-54-42-32-22-12-2)70-86(106(84)132-60-38-28-18-8)65-88-72-96(118-112(124)120-98-79-103(129-57-45-35-25-15-5)82-104(80-98)130-58-46-36-26-16-6)74-90(108(88)134-62-40-30-20-10)66-89-73-95(71-87(107(89)133-61-39-29-19-9)64-85(69-93)105(83)131-59-37-27-17-7)117-111(123)119-97-77-101(127-55-43-33-23-13-3)81-102(78-97)128-56-44-34-24-14-4/h11-16,47-52,67-82H,1-6,17-46,53-66H2,7-10H3,(H2,113,115,121)(H2,114,116,122)(H2,117,119,123)(H2,118,120,124). The van der Waals surface area contributed by atoms with Gasteiger partial charge in [-0.3, -0.25) is 0 Å². The number of nitrogens with one attached hydrogen (secondary N) is 8. The quantitative estimate of drug-likeness (QED) is 0.0130. The molecule has 1 aliphatic rings. The van der Waals surface area contributed by atoms with Gasteiger partial charge in [0.1, 0.15) is 57.5 Å². The molecular weight excluding hydrogens is 1680 g/mol. The van der Waals surface area contributed by atoms with Crippen molar-refractivity contribution < 1.29 is 66.5 Å². The first-order chi connectivity index (χ1) is 65.6. The van der Waals surface area contributed by atoms with Crippen LogP contribution in [0.4, 0.5) is 64.7 Å². The molecule has 22 nitrogen and oxygen atoms in total. The average Bonchev–Trinajstić information content (AvgIpc) is 0.768. The van der Waals surface area contributed by atoms with Crippen LogP contribution in [-0.4, -0.2) is 90.2 Å². The molecular formula is C112H148N8O14. The van der Waals surface area contributed by atoms with Gasteiger partial charge < -0.3 is 89.9 Å². The molecule has 1 aliphatic carbocycles. The summed E-state index contributed by atoms with van der Waals surface area (Å²) in [6.45, 7) is 36.1. The summed E-state index contributed by atoms with van der Waals surface area (Å²) in [4.78, 5) is 60.7. The van der Waals surface area contributed by atoms with E-state index in [1.54, 1.807) is 24.3 Å². The van der Waals surface area contributed by atoms with E-state index in [2.05, 4.69) is 110 Å². The van der Waals surface area contributed by atoms with Crippen LogP contribution in [0, 0.1) is 0 Å². The molecule has 8 aromatic rings. The Hall–Kier alpha value is -12.7. The third-order valence-electron chi connectivity index (χ3n) is 22.4. The van der Waals surface area contributed by atoms with Gasteiger partial charge in [0.15, 0.2) is 0 Å². The maximum Gasteiger partial charge on any atom is 0.323 e. The number of fused-ring (bicyclic) bond motifs is 8. The van der Waals surface area contributed by atoms with Crippen LogP contribution in [0.25, 0.3) is 0 Å². The zero-order valence-corrected chi connectivity index (χ0v) is 80.2. The van der Waals surface area contributed by atoms with Gasteiger partial charge in [0.25, 0.3) is 0 Å². The third kappa shape index (κ3) is 38.1. The number of carbonyl (C=O) groups excluding carboxylic acids is 4. The highest BCUT2D eigenvalue weighted by molar-refractivity contribution is 6.03. The zero-order chi connectivity index (χ0) is 95.0. The van der Waals surface area contributed by atoms with Gasteiger partial charge in [0, 0.05) is 164 Å². The van der Waals surface area contributed by atoms with Crippen molar-refractivity contribution >= 4 is 69.6 Å². The van der Waals surface area contributed by atoms with E-state index in [9.17, 15) is 9.59 Å². The summed E-state index contributed by atoms with van der Waals surface area (Å²) in [5, 5.41) is 25.6. The lowest BCUT2D eigenvalue weighted by molar-refractivity contribution is 0.261. The molecule has 8 aromatic carbocycles. The number of urea groups is 4. The van der Waals surface area contributed by atoms with E-state index in [-0.39, 0.29) is 25.7 Å². The number of hydrogen-bond donors (Lipinski definition) is 8. The molecule has 720 valence electrons. The van der Waals surface area contributed by atoms with Crippen LogP contribution in [0.3, 0.4) is 0 Å². The van der Waals surface area contributed by atoms with E-state index in [4.69, 9.17) is 47.4 Å². The van der Waals surface area contributed by atoms with Crippen LogP contribution in [0.2, 0.25) is 0 Å². The second kappa shape index (κ2) is 61.2. The predicted molar refractivity (Wildman–Crippen MR) is 551 cm³/mol.